The van der Waals surface area contributed by atoms with Gasteiger partial charge in [0.1, 0.15) is 0 Å². The maximum atomic E-state index is 12.8. The molecule has 1 heterocycles. The molecule has 62 valence electrons. The summed E-state index contributed by atoms with van der Waals surface area (Å²) in [4.78, 5) is 3.90. The van der Waals surface area contributed by atoms with E-state index in [0.717, 1.165) is 6.42 Å². The van der Waals surface area contributed by atoms with Crippen LogP contribution in [0.3, 0.4) is 0 Å². The molecule has 0 aromatic carbocycles. The lowest BCUT2D eigenvalue weighted by Gasteiger charge is -2.20. The highest BCUT2D eigenvalue weighted by Gasteiger charge is 2.19. The molecule has 0 aliphatic carbocycles. The number of aliphatic imine (C=N–C) groups is 1. The smallest absolute Gasteiger partial charge is 0.211 e. The molecule has 0 N–H and O–H groups in total. The van der Waals surface area contributed by atoms with Gasteiger partial charge < -0.3 is 0 Å². The van der Waals surface area contributed by atoms with E-state index in [0.29, 0.717) is 11.5 Å². The first-order valence-electron chi connectivity index (χ1n) is 4.07. The molecule has 2 atom stereocenters. The first kappa shape index (κ1) is 8.44. The molecule has 0 fully saturated rings. The Hall–Kier alpha value is -0.660. The molecule has 0 radical (unpaired) electrons. The zero-order valence-corrected chi connectivity index (χ0v) is 7.26. The van der Waals surface area contributed by atoms with Crippen molar-refractivity contribution in [1.82, 2.24) is 0 Å². The van der Waals surface area contributed by atoms with Crippen LogP contribution in [0.5, 0.6) is 0 Å². The van der Waals surface area contributed by atoms with Crippen LogP contribution in [0.1, 0.15) is 27.2 Å². The van der Waals surface area contributed by atoms with Crippen LogP contribution < -0.4 is 0 Å². The Labute approximate surface area is 67.0 Å². The first-order valence-corrected chi connectivity index (χ1v) is 4.07. The Morgan fingerprint density at radius 3 is 2.82 bits per heavy atom. The zero-order valence-electron chi connectivity index (χ0n) is 7.26. The summed E-state index contributed by atoms with van der Waals surface area (Å²) in [6.07, 6.45) is 3.02. The molecule has 0 saturated carbocycles. The summed E-state index contributed by atoms with van der Waals surface area (Å²) in [5.74, 6) is 0.136. The second-order valence-corrected chi connectivity index (χ2v) is 3.08. The van der Waals surface area contributed by atoms with E-state index in [9.17, 15) is 4.39 Å². The lowest BCUT2D eigenvalue weighted by atomic mass is 9.94. The standard InChI is InChI=1S/C9H14FN/c1-4-8-5-6(2)9(10)11-7(8)3/h5,7-8H,4H2,1-3H3/t7-,8?/m0/s1. The van der Waals surface area contributed by atoms with Gasteiger partial charge in [-0.2, -0.15) is 4.39 Å². The third-order valence-corrected chi connectivity index (χ3v) is 2.20. The van der Waals surface area contributed by atoms with Crippen LogP contribution in [0.15, 0.2) is 16.6 Å². The van der Waals surface area contributed by atoms with Crippen molar-refractivity contribution in [2.45, 2.75) is 33.2 Å². The van der Waals surface area contributed by atoms with Gasteiger partial charge in [-0.1, -0.05) is 13.0 Å². The van der Waals surface area contributed by atoms with E-state index in [1.807, 2.05) is 13.0 Å². The molecular formula is C9H14FN. The minimum Gasteiger partial charge on any atom is -0.254 e. The van der Waals surface area contributed by atoms with E-state index in [4.69, 9.17) is 0 Å². The SMILES string of the molecule is CCC1C=C(C)C(F)=N[C@H]1C. The Bertz CT molecular complexity index is 206. The molecule has 2 heteroatoms. The Balaban J connectivity index is 2.79. The van der Waals surface area contributed by atoms with Crippen molar-refractivity contribution in [1.29, 1.82) is 0 Å². The fourth-order valence-corrected chi connectivity index (χ4v) is 1.36. The summed E-state index contributed by atoms with van der Waals surface area (Å²) in [6.45, 7) is 5.83. The van der Waals surface area contributed by atoms with Crippen molar-refractivity contribution >= 4 is 5.97 Å². The van der Waals surface area contributed by atoms with Gasteiger partial charge in [-0.05, 0) is 26.2 Å². The normalized spacial score (nSPS) is 31.3. The van der Waals surface area contributed by atoms with Crippen molar-refractivity contribution in [3.63, 3.8) is 0 Å². The highest BCUT2D eigenvalue weighted by atomic mass is 19.1. The van der Waals surface area contributed by atoms with Gasteiger partial charge in [0.2, 0.25) is 5.97 Å². The van der Waals surface area contributed by atoms with Crippen LogP contribution in [0, 0.1) is 5.92 Å². The lowest BCUT2D eigenvalue weighted by molar-refractivity contribution is 0.504. The van der Waals surface area contributed by atoms with Crippen molar-refractivity contribution in [3.8, 4) is 0 Å². The fraction of sp³-hybridized carbons (Fsp3) is 0.667. The Kier molecular flexibility index (Phi) is 2.42. The second-order valence-electron chi connectivity index (χ2n) is 3.08. The van der Waals surface area contributed by atoms with E-state index < -0.39 is 0 Å². The predicted octanol–water partition coefficient (Wildman–Crippen LogP) is 2.73. The van der Waals surface area contributed by atoms with Gasteiger partial charge in [-0.15, -0.1) is 0 Å². The summed E-state index contributed by atoms with van der Waals surface area (Å²) in [5.41, 5.74) is 0.690. The highest BCUT2D eigenvalue weighted by molar-refractivity contribution is 5.92. The van der Waals surface area contributed by atoms with Crippen LogP contribution in [0.4, 0.5) is 4.39 Å². The van der Waals surface area contributed by atoms with Crippen LogP contribution in [0.25, 0.3) is 0 Å². The topological polar surface area (TPSA) is 12.4 Å². The third kappa shape index (κ3) is 1.67. The van der Waals surface area contributed by atoms with Crippen LogP contribution in [-0.2, 0) is 0 Å². The summed E-state index contributed by atoms with van der Waals surface area (Å²) in [5, 5.41) is 0. The number of rotatable bonds is 1. The minimum atomic E-state index is -0.290. The van der Waals surface area contributed by atoms with Crippen LogP contribution in [-0.4, -0.2) is 12.0 Å². The van der Waals surface area contributed by atoms with E-state index in [1.54, 1.807) is 6.92 Å². The molecule has 1 aliphatic heterocycles. The average molecular weight is 155 g/mol. The molecule has 1 rings (SSSR count). The Morgan fingerprint density at radius 1 is 1.64 bits per heavy atom. The molecule has 1 unspecified atom stereocenters. The largest absolute Gasteiger partial charge is 0.254 e. The van der Waals surface area contributed by atoms with E-state index in [1.165, 1.54) is 0 Å². The molecule has 0 bridgehead atoms. The predicted molar refractivity (Wildman–Crippen MR) is 45.5 cm³/mol. The van der Waals surface area contributed by atoms with Gasteiger partial charge in [-0.3, -0.25) is 4.99 Å². The number of hydrogen-bond acceptors (Lipinski definition) is 1. The molecule has 0 aromatic rings. The molecule has 0 amide bonds. The summed E-state index contributed by atoms with van der Waals surface area (Å²) in [7, 11) is 0. The van der Waals surface area contributed by atoms with Gasteiger partial charge >= 0.3 is 0 Å². The van der Waals surface area contributed by atoms with Gasteiger partial charge in [0.05, 0.1) is 6.04 Å². The molecule has 0 saturated heterocycles. The zero-order chi connectivity index (χ0) is 8.43. The first-order chi connectivity index (χ1) is 5.15. The molecule has 0 aromatic heterocycles. The molecule has 1 aliphatic rings. The van der Waals surface area contributed by atoms with Crippen molar-refractivity contribution in [2.75, 3.05) is 0 Å². The monoisotopic (exact) mass is 155 g/mol. The van der Waals surface area contributed by atoms with Crippen molar-refractivity contribution < 1.29 is 4.39 Å². The molecule has 11 heavy (non-hydrogen) atoms. The maximum Gasteiger partial charge on any atom is 0.211 e. The summed E-state index contributed by atoms with van der Waals surface area (Å²) in [6, 6.07) is 0.115. The van der Waals surface area contributed by atoms with Crippen LogP contribution >= 0.6 is 0 Å². The average Bonchev–Trinajstić information content (AvgIpc) is 1.97. The fourth-order valence-electron chi connectivity index (χ4n) is 1.36. The van der Waals surface area contributed by atoms with Crippen molar-refractivity contribution in [3.05, 3.63) is 11.6 Å². The number of dihydropyridines is 1. The van der Waals surface area contributed by atoms with E-state index in [2.05, 4.69) is 11.9 Å². The number of allylic oxidation sites excluding steroid dienone is 1. The highest BCUT2D eigenvalue weighted by Crippen LogP contribution is 2.21. The maximum absolute atomic E-state index is 12.8. The van der Waals surface area contributed by atoms with Crippen LogP contribution in [0.2, 0.25) is 0 Å². The van der Waals surface area contributed by atoms with Gasteiger partial charge in [0.25, 0.3) is 0 Å². The Morgan fingerprint density at radius 2 is 2.27 bits per heavy atom. The molecular weight excluding hydrogens is 141 g/mol. The van der Waals surface area contributed by atoms with Crippen molar-refractivity contribution in [2.24, 2.45) is 10.9 Å². The lowest BCUT2D eigenvalue weighted by Crippen LogP contribution is -2.19. The summed E-state index contributed by atoms with van der Waals surface area (Å²) >= 11 is 0. The summed E-state index contributed by atoms with van der Waals surface area (Å²) < 4.78 is 12.8. The molecule has 0 spiro atoms. The number of nitrogens with zero attached hydrogens (tertiary/aromatic N) is 1. The van der Waals surface area contributed by atoms with Gasteiger partial charge in [-0.25, -0.2) is 0 Å². The quantitative estimate of drug-likeness (QED) is 0.552. The van der Waals surface area contributed by atoms with E-state index in [-0.39, 0.29) is 12.0 Å². The second kappa shape index (κ2) is 3.16. The van der Waals surface area contributed by atoms with Gasteiger partial charge in [0.15, 0.2) is 0 Å². The van der Waals surface area contributed by atoms with Gasteiger partial charge in [0, 0.05) is 5.57 Å². The number of halogens is 1. The van der Waals surface area contributed by atoms with E-state index >= 15 is 0 Å². The third-order valence-electron chi connectivity index (χ3n) is 2.20. The molecule has 1 nitrogen and oxygen atoms in total. The number of hydrogen-bond donors (Lipinski definition) is 0. The minimum absolute atomic E-state index is 0.115.